The number of anilines is 1. The number of nitrogens with one attached hydrogen (secondary N) is 3. The number of urea groups is 1. The van der Waals surface area contributed by atoms with Gasteiger partial charge in [0.05, 0.1) is 19.3 Å². The van der Waals surface area contributed by atoms with Gasteiger partial charge < -0.3 is 10.1 Å². The van der Waals surface area contributed by atoms with Gasteiger partial charge in [0.15, 0.2) is 6.61 Å². The normalized spacial score (nSPS) is 13.6. The Morgan fingerprint density at radius 1 is 1.28 bits per heavy atom. The van der Waals surface area contributed by atoms with E-state index >= 15 is 0 Å². The van der Waals surface area contributed by atoms with E-state index in [1.54, 1.807) is 18.3 Å². The monoisotopic (exact) mass is 349 g/mol. The average molecular weight is 349 g/mol. The van der Waals surface area contributed by atoms with E-state index in [4.69, 9.17) is 4.74 Å². The number of aromatic nitrogens is 1. The number of pyridine rings is 1. The molecule has 0 aromatic carbocycles. The molecule has 8 heteroatoms. The Morgan fingerprint density at radius 3 is 2.68 bits per heavy atom. The summed E-state index contributed by atoms with van der Waals surface area (Å²) in [5.74, 6) is -0.300. The Labute approximate surface area is 146 Å². The van der Waals surface area contributed by atoms with Gasteiger partial charge in [-0.25, -0.2) is 14.6 Å². The molecule has 2 rings (SSSR count). The fourth-order valence-electron chi connectivity index (χ4n) is 2.51. The lowest BCUT2D eigenvalue weighted by atomic mass is 10.2. The van der Waals surface area contributed by atoms with E-state index in [0.717, 1.165) is 25.9 Å². The van der Waals surface area contributed by atoms with Crippen molar-refractivity contribution in [3.05, 3.63) is 23.9 Å². The molecule has 0 radical (unpaired) electrons. The van der Waals surface area contributed by atoms with E-state index in [1.807, 2.05) is 13.8 Å². The zero-order valence-electron chi connectivity index (χ0n) is 14.6. The molecule has 3 amide bonds. The van der Waals surface area contributed by atoms with Crippen molar-refractivity contribution in [2.24, 2.45) is 5.92 Å². The second kappa shape index (κ2) is 9.00. The zero-order chi connectivity index (χ0) is 18.2. The molecule has 136 valence electrons. The highest BCUT2D eigenvalue weighted by atomic mass is 16.5. The average Bonchev–Trinajstić information content (AvgIpc) is 3.12. The third kappa shape index (κ3) is 5.74. The lowest BCUT2D eigenvalue weighted by Crippen LogP contribution is -2.42. The second-order valence-corrected chi connectivity index (χ2v) is 6.35. The largest absolute Gasteiger partial charge is 0.452 e. The highest BCUT2D eigenvalue weighted by molar-refractivity contribution is 5.98. The van der Waals surface area contributed by atoms with Crippen molar-refractivity contribution in [2.75, 3.05) is 31.1 Å². The highest BCUT2D eigenvalue weighted by Gasteiger charge is 2.27. The summed E-state index contributed by atoms with van der Waals surface area (Å²) in [5.41, 5.74) is 0.376. The Kier molecular flexibility index (Phi) is 6.73. The summed E-state index contributed by atoms with van der Waals surface area (Å²) < 4.78 is 5.04. The van der Waals surface area contributed by atoms with Crippen LogP contribution in [0.1, 0.15) is 37.0 Å². The van der Waals surface area contributed by atoms with Crippen molar-refractivity contribution in [1.29, 1.82) is 0 Å². The molecule has 3 N–H and O–H groups in total. The number of amides is 3. The number of nitrogens with zero attached hydrogens (tertiary/aromatic N) is 1. The highest BCUT2D eigenvalue weighted by Crippen LogP contribution is 2.20. The van der Waals surface area contributed by atoms with Crippen molar-refractivity contribution < 1.29 is 24.1 Å². The Bertz CT molecular complexity index is 627. The molecule has 1 fully saturated rings. The van der Waals surface area contributed by atoms with Crippen molar-refractivity contribution >= 4 is 23.7 Å². The summed E-state index contributed by atoms with van der Waals surface area (Å²) >= 11 is 0. The molecule has 1 saturated heterocycles. The molecule has 2 heterocycles. The maximum Gasteiger partial charge on any atom is 0.347 e. The van der Waals surface area contributed by atoms with Crippen LogP contribution < -0.4 is 20.5 Å². The lowest BCUT2D eigenvalue weighted by molar-refractivity contribution is -0.364. The summed E-state index contributed by atoms with van der Waals surface area (Å²) in [4.78, 5) is 40.6. The number of ether oxygens (including phenoxy) is 1. The topological polar surface area (TPSA) is 102 Å². The van der Waals surface area contributed by atoms with E-state index in [2.05, 4.69) is 20.5 Å². The van der Waals surface area contributed by atoms with Crippen LogP contribution in [0.25, 0.3) is 0 Å². The predicted octanol–water partition coefficient (Wildman–Crippen LogP) is 0.740. The van der Waals surface area contributed by atoms with E-state index < -0.39 is 24.5 Å². The van der Waals surface area contributed by atoms with Gasteiger partial charge in [-0.1, -0.05) is 13.8 Å². The number of carbonyl (C=O) groups is 3. The first kappa shape index (κ1) is 18.7. The minimum absolute atomic E-state index is 0.275. The molecule has 25 heavy (non-hydrogen) atoms. The van der Waals surface area contributed by atoms with Crippen molar-refractivity contribution in [3.8, 4) is 0 Å². The first-order valence-electron chi connectivity index (χ1n) is 8.48. The number of hydrogen-bond acceptors (Lipinski definition) is 5. The molecule has 8 nitrogen and oxygen atoms in total. The molecule has 0 spiro atoms. The molecule has 1 aliphatic heterocycles. The minimum Gasteiger partial charge on any atom is -0.452 e. The first-order valence-corrected chi connectivity index (χ1v) is 8.48. The van der Waals surface area contributed by atoms with Crippen LogP contribution in [-0.4, -0.2) is 44.1 Å². The van der Waals surface area contributed by atoms with E-state index in [-0.39, 0.29) is 5.92 Å². The Hall–Kier alpha value is -2.64. The molecule has 1 aromatic rings. The van der Waals surface area contributed by atoms with Crippen molar-refractivity contribution in [2.45, 2.75) is 26.7 Å². The van der Waals surface area contributed by atoms with Gasteiger partial charge in [-0.15, -0.1) is 0 Å². The Balaban J connectivity index is 1.86. The van der Waals surface area contributed by atoms with Gasteiger partial charge in [0.1, 0.15) is 5.56 Å². The van der Waals surface area contributed by atoms with Crippen LogP contribution in [0, 0.1) is 5.92 Å². The summed E-state index contributed by atoms with van der Waals surface area (Å²) in [6, 6.07) is 2.76. The van der Waals surface area contributed by atoms with Crippen LogP contribution in [0.4, 0.5) is 10.6 Å². The van der Waals surface area contributed by atoms with Crippen LogP contribution in [-0.2, 0) is 9.53 Å². The summed E-state index contributed by atoms with van der Waals surface area (Å²) in [7, 11) is 0. The van der Waals surface area contributed by atoms with Gasteiger partial charge in [-0.05, 0) is 30.9 Å². The Morgan fingerprint density at radius 2 is 2.00 bits per heavy atom. The molecule has 0 bridgehead atoms. The molecule has 1 aliphatic rings. The molecular weight excluding hydrogens is 324 g/mol. The number of hydrogen-bond donors (Lipinski definition) is 2. The zero-order valence-corrected chi connectivity index (χ0v) is 14.6. The summed E-state index contributed by atoms with van der Waals surface area (Å²) in [5, 5.41) is 4.68. The van der Waals surface area contributed by atoms with Crippen LogP contribution in [0.3, 0.4) is 0 Å². The number of rotatable bonds is 6. The van der Waals surface area contributed by atoms with E-state index in [1.165, 1.54) is 0 Å². The van der Waals surface area contributed by atoms with Gasteiger partial charge in [0.25, 0.3) is 11.7 Å². The third-order valence-corrected chi connectivity index (χ3v) is 3.73. The fourth-order valence-corrected chi connectivity index (χ4v) is 2.51. The smallest absolute Gasteiger partial charge is 0.347 e. The van der Waals surface area contributed by atoms with Gasteiger partial charge >= 0.3 is 12.0 Å². The SMILES string of the molecule is CC(C)CNC(=O)NC(=O)COC(=O)c1ccc[nH+]c1N1CCCC1. The van der Waals surface area contributed by atoms with Crippen LogP contribution in [0.15, 0.2) is 18.3 Å². The van der Waals surface area contributed by atoms with Gasteiger partial charge in [0.2, 0.25) is 0 Å². The number of H-pyrrole nitrogens is 1. The quantitative estimate of drug-likeness (QED) is 0.738. The first-order chi connectivity index (χ1) is 12.0. The maximum absolute atomic E-state index is 12.3. The molecular formula is C17H25N4O4+. The summed E-state index contributed by atoms with van der Waals surface area (Å²) in [6.07, 6.45) is 3.90. The van der Waals surface area contributed by atoms with Crippen molar-refractivity contribution in [1.82, 2.24) is 10.6 Å². The van der Waals surface area contributed by atoms with Crippen molar-refractivity contribution in [3.63, 3.8) is 0 Å². The molecule has 0 saturated carbocycles. The summed E-state index contributed by atoms with van der Waals surface area (Å²) in [6.45, 7) is 5.58. The predicted molar refractivity (Wildman–Crippen MR) is 91.1 cm³/mol. The number of imide groups is 1. The second-order valence-electron chi connectivity index (χ2n) is 6.35. The van der Waals surface area contributed by atoms with Gasteiger partial charge in [-0.3, -0.25) is 15.0 Å². The van der Waals surface area contributed by atoms with Gasteiger partial charge in [-0.2, -0.15) is 0 Å². The molecule has 0 aliphatic carbocycles. The van der Waals surface area contributed by atoms with E-state index in [0.29, 0.717) is 17.9 Å². The number of carbonyl (C=O) groups excluding carboxylic acids is 3. The molecule has 1 aromatic heterocycles. The number of aromatic amines is 1. The maximum atomic E-state index is 12.3. The van der Waals surface area contributed by atoms with Gasteiger partial charge in [0, 0.05) is 6.54 Å². The fraction of sp³-hybridized carbons (Fsp3) is 0.529. The van der Waals surface area contributed by atoms with Crippen LogP contribution in [0.2, 0.25) is 0 Å². The lowest BCUT2D eigenvalue weighted by Gasteiger charge is -2.12. The van der Waals surface area contributed by atoms with Crippen LogP contribution >= 0.6 is 0 Å². The standard InChI is InChI=1S/C17H24N4O4/c1-12(2)10-19-17(24)20-14(22)11-25-16(23)13-6-5-7-18-15(13)21-8-3-4-9-21/h5-7,12H,3-4,8-11H2,1-2H3,(H2,19,20,22,24)/p+1. The molecule has 0 unspecified atom stereocenters. The molecule has 0 atom stereocenters. The number of esters is 1. The van der Waals surface area contributed by atoms with Crippen LogP contribution in [0.5, 0.6) is 0 Å². The third-order valence-electron chi connectivity index (χ3n) is 3.73. The minimum atomic E-state index is -0.669. The van der Waals surface area contributed by atoms with E-state index in [9.17, 15) is 14.4 Å².